The van der Waals surface area contributed by atoms with E-state index in [0.29, 0.717) is 17.8 Å². The molecule has 1 amide bonds. The Balaban J connectivity index is 1.73. The third-order valence-electron chi connectivity index (χ3n) is 5.74. The molecule has 0 radical (unpaired) electrons. The molecule has 5 nitrogen and oxygen atoms in total. The van der Waals surface area contributed by atoms with E-state index < -0.39 is 23.6 Å². The first-order valence-electron chi connectivity index (χ1n) is 10.1. The fourth-order valence-corrected chi connectivity index (χ4v) is 5.60. The first-order valence-corrected chi connectivity index (χ1v) is 11.0. The number of aromatic carboxylic acids is 1. The number of halogens is 3. The fraction of sp³-hybridized carbons (Fsp3) is 0.304. The van der Waals surface area contributed by atoms with Gasteiger partial charge in [0.05, 0.1) is 22.4 Å². The quantitative estimate of drug-likeness (QED) is 0.499. The number of nitrogens with one attached hydrogen (secondary N) is 1. The molecule has 32 heavy (non-hydrogen) atoms. The zero-order valence-corrected chi connectivity index (χ0v) is 18.3. The summed E-state index contributed by atoms with van der Waals surface area (Å²) in [4.78, 5) is 25.9. The summed E-state index contributed by atoms with van der Waals surface area (Å²) in [6.45, 7) is 3.20. The van der Waals surface area contributed by atoms with Crippen LogP contribution in [0, 0.1) is 13.8 Å². The van der Waals surface area contributed by atoms with Crippen LogP contribution in [0.25, 0.3) is 5.69 Å². The highest BCUT2D eigenvalue weighted by Gasteiger charge is 2.34. The highest BCUT2D eigenvalue weighted by molar-refractivity contribution is 7.17. The third-order valence-corrected chi connectivity index (χ3v) is 6.95. The Kier molecular flexibility index (Phi) is 5.62. The van der Waals surface area contributed by atoms with E-state index in [4.69, 9.17) is 0 Å². The van der Waals surface area contributed by atoms with Crippen molar-refractivity contribution in [1.29, 1.82) is 0 Å². The van der Waals surface area contributed by atoms with Gasteiger partial charge in [0.15, 0.2) is 0 Å². The Morgan fingerprint density at radius 2 is 1.81 bits per heavy atom. The minimum absolute atomic E-state index is 0.0631. The van der Waals surface area contributed by atoms with E-state index in [2.05, 4.69) is 5.32 Å². The number of fused-ring (bicyclic) bond motifs is 1. The van der Waals surface area contributed by atoms with Crippen LogP contribution in [-0.2, 0) is 19.0 Å². The van der Waals surface area contributed by atoms with Gasteiger partial charge in [0.2, 0.25) is 0 Å². The van der Waals surface area contributed by atoms with Gasteiger partial charge in [-0.15, -0.1) is 11.3 Å². The van der Waals surface area contributed by atoms with Crippen LogP contribution >= 0.6 is 11.3 Å². The third kappa shape index (κ3) is 3.81. The minimum Gasteiger partial charge on any atom is -0.478 e. The van der Waals surface area contributed by atoms with E-state index in [1.54, 1.807) is 13.8 Å². The molecule has 0 saturated heterocycles. The first-order chi connectivity index (χ1) is 15.1. The zero-order chi connectivity index (χ0) is 23.2. The molecule has 0 fully saturated rings. The topological polar surface area (TPSA) is 71.3 Å². The van der Waals surface area contributed by atoms with Crippen molar-refractivity contribution in [3.8, 4) is 5.69 Å². The smallest absolute Gasteiger partial charge is 0.418 e. The summed E-state index contributed by atoms with van der Waals surface area (Å²) in [5.41, 5.74) is 1.04. The second-order valence-electron chi connectivity index (χ2n) is 7.81. The number of alkyl halides is 3. The Hall–Kier alpha value is -3.07. The molecule has 1 aromatic carbocycles. The summed E-state index contributed by atoms with van der Waals surface area (Å²) in [7, 11) is 0. The molecule has 1 aliphatic rings. The molecule has 0 aliphatic heterocycles. The fourth-order valence-electron chi connectivity index (χ4n) is 4.32. The molecule has 2 N–H and O–H groups in total. The number of carboxylic acid groups (broad SMARTS) is 1. The molecule has 2 aromatic heterocycles. The van der Waals surface area contributed by atoms with Crippen LogP contribution in [0.1, 0.15) is 60.9 Å². The van der Waals surface area contributed by atoms with Gasteiger partial charge >= 0.3 is 12.1 Å². The molecule has 0 spiro atoms. The van der Waals surface area contributed by atoms with Gasteiger partial charge in [-0.05, 0) is 63.3 Å². The molecule has 0 saturated carbocycles. The maximum absolute atomic E-state index is 13.5. The maximum Gasteiger partial charge on any atom is 0.418 e. The molecule has 0 unspecified atom stereocenters. The molecular weight excluding hydrogens is 441 g/mol. The van der Waals surface area contributed by atoms with Crippen LogP contribution in [0.5, 0.6) is 0 Å². The van der Waals surface area contributed by atoms with Gasteiger partial charge < -0.3 is 15.0 Å². The van der Waals surface area contributed by atoms with Crippen LogP contribution < -0.4 is 5.32 Å². The summed E-state index contributed by atoms with van der Waals surface area (Å²) >= 11 is 1.26. The monoisotopic (exact) mass is 462 g/mol. The largest absolute Gasteiger partial charge is 0.478 e. The summed E-state index contributed by atoms with van der Waals surface area (Å²) in [5, 5.41) is 12.7. The lowest BCUT2D eigenvalue weighted by molar-refractivity contribution is -0.137. The van der Waals surface area contributed by atoms with Gasteiger partial charge in [-0.1, -0.05) is 12.1 Å². The van der Waals surface area contributed by atoms with Crippen LogP contribution in [0.3, 0.4) is 0 Å². The number of anilines is 1. The number of carbonyl (C=O) groups excluding carboxylic acids is 1. The summed E-state index contributed by atoms with van der Waals surface area (Å²) < 4.78 is 42.0. The predicted octanol–water partition coefficient (Wildman–Crippen LogP) is 6.00. The average molecular weight is 462 g/mol. The lowest BCUT2D eigenvalue weighted by atomic mass is 9.95. The minimum atomic E-state index is -4.55. The van der Waals surface area contributed by atoms with Crippen LogP contribution in [0.4, 0.5) is 18.2 Å². The van der Waals surface area contributed by atoms with E-state index in [0.717, 1.165) is 35.8 Å². The van der Waals surface area contributed by atoms with Gasteiger partial charge in [0.25, 0.3) is 5.91 Å². The SMILES string of the molecule is Cc1cc(C(=O)Nc2sc3c(c2C(=O)O)CCCC3)c(C)n1-c1ccccc1C(F)(F)F. The second kappa shape index (κ2) is 8.12. The highest BCUT2D eigenvalue weighted by atomic mass is 32.1. The van der Waals surface area contributed by atoms with Gasteiger partial charge in [0, 0.05) is 16.3 Å². The molecule has 0 bridgehead atoms. The molecule has 1 aliphatic carbocycles. The first kappa shape index (κ1) is 22.1. The number of rotatable bonds is 4. The van der Waals surface area contributed by atoms with E-state index >= 15 is 0 Å². The number of aryl methyl sites for hydroxylation is 2. The standard InChI is InChI=1S/C23H21F3N2O3S/c1-12-11-15(13(2)28(12)17-9-5-4-8-16(17)23(24,25)26)20(29)27-21-19(22(30)31)14-7-3-6-10-18(14)32-21/h4-5,8-9,11H,3,6-7,10H2,1-2H3,(H,27,29)(H,30,31). The summed E-state index contributed by atoms with van der Waals surface area (Å²) in [6.07, 6.45) is -1.24. The molecule has 168 valence electrons. The van der Waals surface area contributed by atoms with Crippen molar-refractivity contribution >= 4 is 28.2 Å². The molecule has 0 atom stereocenters. The normalized spacial score (nSPS) is 13.7. The molecule has 4 rings (SSSR count). The van der Waals surface area contributed by atoms with Gasteiger partial charge in [0.1, 0.15) is 5.00 Å². The average Bonchev–Trinajstić information content (AvgIpc) is 3.23. The van der Waals surface area contributed by atoms with Crippen LogP contribution in [0.2, 0.25) is 0 Å². The van der Waals surface area contributed by atoms with E-state index in [1.807, 2.05) is 0 Å². The number of carboxylic acids is 1. The van der Waals surface area contributed by atoms with Crippen molar-refractivity contribution in [2.45, 2.75) is 45.7 Å². The predicted molar refractivity (Wildman–Crippen MR) is 116 cm³/mol. The molecule has 3 aromatic rings. The lowest BCUT2D eigenvalue weighted by Crippen LogP contribution is -2.16. The van der Waals surface area contributed by atoms with Crippen molar-refractivity contribution in [2.75, 3.05) is 5.32 Å². The number of carbonyl (C=O) groups is 2. The van der Waals surface area contributed by atoms with E-state index in [-0.39, 0.29) is 21.8 Å². The zero-order valence-electron chi connectivity index (χ0n) is 17.5. The maximum atomic E-state index is 13.5. The molecular formula is C23H21F3N2O3S. The van der Waals surface area contributed by atoms with Crippen molar-refractivity contribution in [1.82, 2.24) is 4.57 Å². The number of hydrogen-bond donors (Lipinski definition) is 2. The summed E-state index contributed by atoms with van der Waals surface area (Å²) in [6, 6.07) is 6.72. The molecule has 2 heterocycles. The lowest BCUT2D eigenvalue weighted by Gasteiger charge is -2.16. The Morgan fingerprint density at radius 3 is 2.50 bits per heavy atom. The number of benzene rings is 1. The van der Waals surface area contributed by atoms with E-state index in [1.165, 1.54) is 40.2 Å². The van der Waals surface area contributed by atoms with Crippen molar-refractivity contribution in [2.24, 2.45) is 0 Å². The number of hydrogen-bond acceptors (Lipinski definition) is 3. The van der Waals surface area contributed by atoms with Gasteiger partial charge in [-0.3, -0.25) is 4.79 Å². The second-order valence-corrected chi connectivity index (χ2v) is 8.91. The Morgan fingerprint density at radius 1 is 1.12 bits per heavy atom. The van der Waals surface area contributed by atoms with Gasteiger partial charge in [-0.2, -0.15) is 13.2 Å². The number of para-hydroxylation sites is 1. The van der Waals surface area contributed by atoms with Crippen LogP contribution in [-0.4, -0.2) is 21.6 Å². The number of aromatic nitrogens is 1. The van der Waals surface area contributed by atoms with Crippen molar-refractivity contribution < 1.29 is 27.9 Å². The number of thiophene rings is 1. The van der Waals surface area contributed by atoms with Gasteiger partial charge in [-0.25, -0.2) is 4.79 Å². The summed E-state index contributed by atoms with van der Waals surface area (Å²) in [5.74, 6) is -1.64. The van der Waals surface area contributed by atoms with E-state index in [9.17, 15) is 27.9 Å². The highest BCUT2D eigenvalue weighted by Crippen LogP contribution is 2.39. The van der Waals surface area contributed by atoms with Crippen molar-refractivity contribution in [3.05, 3.63) is 68.9 Å². The number of amides is 1. The Bertz CT molecular complexity index is 1220. The Labute approximate surface area is 186 Å². The molecule has 9 heteroatoms. The number of nitrogens with zero attached hydrogens (tertiary/aromatic N) is 1. The van der Waals surface area contributed by atoms with Crippen LogP contribution in [0.15, 0.2) is 30.3 Å². The van der Waals surface area contributed by atoms with Crippen molar-refractivity contribution in [3.63, 3.8) is 0 Å².